The van der Waals surface area contributed by atoms with Gasteiger partial charge in [0.25, 0.3) is 0 Å². The minimum Gasteiger partial charge on any atom is -0.457 e. The van der Waals surface area contributed by atoms with Gasteiger partial charge in [-0.25, -0.2) is 15.0 Å². The quantitative estimate of drug-likeness (QED) is 0.184. The molecule has 0 saturated heterocycles. The fourth-order valence-electron chi connectivity index (χ4n) is 8.89. The second-order valence-corrected chi connectivity index (χ2v) is 14.8. The Labute approximate surface area is 337 Å². The first kappa shape index (κ1) is 33.7. The molecule has 274 valence electrons. The summed E-state index contributed by atoms with van der Waals surface area (Å²) < 4.78 is 6.61. The first-order chi connectivity index (χ1) is 28.7. The molecule has 0 atom stereocenters. The Morgan fingerprint density at radius 2 is 0.828 bits per heavy atom. The maximum Gasteiger partial charge on any atom is 0.164 e. The van der Waals surface area contributed by atoms with Crippen LogP contribution in [0.3, 0.4) is 0 Å². The van der Waals surface area contributed by atoms with Gasteiger partial charge in [0.15, 0.2) is 17.5 Å². The van der Waals surface area contributed by atoms with Crippen molar-refractivity contribution in [2.24, 2.45) is 0 Å². The molecule has 5 nitrogen and oxygen atoms in total. The number of hydrogen-bond donors (Lipinski definition) is 1. The second-order valence-electron chi connectivity index (χ2n) is 14.8. The van der Waals surface area contributed by atoms with Crippen molar-refractivity contribution in [3.05, 3.63) is 216 Å². The summed E-state index contributed by atoms with van der Waals surface area (Å²) in [6.07, 6.45) is 0. The predicted octanol–water partition coefficient (Wildman–Crippen LogP) is 12.7. The van der Waals surface area contributed by atoms with Crippen LogP contribution in [0.25, 0.3) is 67.5 Å². The third kappa shape index (κ3) is 5.35. The summed E-state index contributed by atoms with van der Waals surface area (Å²) in [7, 11) is 1.94. The highest BCUT2D eigenvalue weighted by Crippen LogP contribution is 2.62. The lowest BCUT2D eigenvalue weighted by Gasteiger charge is -2.39. The first-order valence-electron chi connectivity index (χ1n) is 19.6. The highest BCUT2D eigenvalue weighted by Gasteiger charge is 2.51. The fraction of sp³-hybridized carbons (Fsp3) is 0.0377. The molecule has 8 aromatic carbocycles. The lowest BCUT2D eigenvalue weighted by molar-refractivity contribution is 0.436. The third-order valence-corrected chi connectivity index (χ3v) is 11.6. The Morgan fingerprint density at radius 3 is 1.43 bits per heavy atom. The van der Waals surface area contributed by atoms with Crippen molar-refractivity contribution in [1.82, 2.24) is 15.0 Å². The van der Waals surface area contributed by atoms with Gasteiger partial charge in [0.2, 0.25) is 0 Å². The number of ether oxygens (including phenoxy) is 1. The Balaban J connectivity index is 1.16. The Bertz CT molecular complexity index is 2910. The van der Waals surface area contributed by atoms with Gasteiger partial charge in [0.05, 0.1) is 5.41 Å². The van der Waals surface area contributed by atoms with Crippen molar-refractivity contribution in [2.75, 3.05) is 12.4 Å². The predicted molar refractivity (Wildman–Crippen MR) is 234 cm³/mol. The van der Waals surface area contributed by atoms with Gasteiger partial charge in [-0.1, -0.05) is 146 Å². The van der Waals surface area contributed by atoms with E-state index in [2.05, 4.69) is 139 Å². The molecule has 2 aliphatic rings. The minimum absolute atomic E-state index is 0.569. The first-order valence-corrected chi connectivity index (χ1v) is 19.6. The van der Waals surface area contributed by atoms with E-state index in [4.69, 9.17) is 19.7 Å². The monoisotopic (exact) mass is 744 g/mol. The van der Waals surface area contributed by atoms with Crippen LogP contribution in [0.4, 0.5) is 5.69 Å². The van der Waals surface area contributed by atoms with Crippen LogP contribution in [0, 0.1) is 0 Å². The molecule has 9 aromatic rings. The number of nitrogens with zero attached hydrogens (tertiary/aromatic N) is 3. The van der Waals surface area contributed by atoms with E-state index in [1.807, 2.05) is 67.7 Å². The van der Waals surface area contributed by atoms with E-state index in [1.54, 1.807) is 0 Å². The summed E-state index contributed by atoms with van der Waals surface area (Å²) in [4.78, 5) is 15.3. The van der Waals surface area contributed by atoms with E-state index in [0.717, 1.165) is 67.3 Å². The maximum atomic E-state index is 6.61. The number of fused-ring (bicyclic) bond motifs is 9. The number of benzene rings is 8. The fourth-order valence-corrected chi connectivity index (χ4v) is 8.89. The molecule has 1 aliphatic carbocycles. The summed E-state index contributed by atoms with van der Waals surface area (Å²) in [5, 5.41) is 3.26. The normalized spacial score (nSPS) is 12.8. The SMILES string of the molecule is CNc1ccc(-c2cc(-c3ccc4c(c3)C3(c5ccccc5Oc5ccccc53)c3ccccc3-4)cc(-c3nc(-c4ccccc4)nc(-c4ccccc4)n3)c2)cc1. The summed E-state index contributed by atoms with van der Waals surface area (Å²) in [5.41, 5.74) is 14.8. The summed E-state index contributed by atoms with van der Waals surface area (Å²) in [6.45, 7) is 0. The zero-order valence-electron chi connectivity index (χ0n) is 31.7. The van der Waals surface area contributed by atoms with Crippen molar-refractivity contribution < 1.29 is 4.74 Å². The van der Waals surface area contributed by atoms with Crippen LogP contribution in [0.1, 0.15) is 22.3 Å². The molecule has 0 amide bonds. The number of anilines is 1. The summed E-state index contributed by atoms with van der Waals surface area (Å²) >= 11 is 0. The molecule has 11 rings (SSSR count). The topological polar surface area (TPSA) is 59.9 Å². The van der Waals surface area contributed by atoms with Crippen molar-refractivity contribution >= 4 is 5.69 Å². The van der Waals surface area contributed by atoms with E-state index in [0.29, 0.717) is 17.5 Å². The van der Waals surface area contributed by atoms with Crippen molar-refractivity contribution in [1.29, 1.82) is 0 Å². The molecule has 0 unspecified atom stereocenters. The molecule has 0 saturated carbocycles. The maximum absolute atomic E-state index is 6.61. The van der Waals surface area contributed by atoms with Gasteiger partial charge in [-0.3, -0.25) is 0 Å². The Morgan fingerprint density at radius 1 is 0.362 bits per heavy atom. The molecule has 1 N–H and O–H groups in total. The Hall–Kier alpha value is -7.63. The van der Waals surface area contributed by atoms with Crippen LogP contribution in [0.15, 0.2) is 194 Å². The lowest BCUT2D eigenvalue weighted by atomic mass is 9.66. The number of nitrogens with one attached hydrogen (secondary N) is 1. The van der Waals surface area contributed by atoms with E-state index in [1.165, 1.54) is 22.3 Å². The zero-order valence-corrected chi connectivity index (χ0v) is 31.7. The standard InChI is InChI=1S/C53H36N4O/c1-54-41-27-24-34(25-28-41)38-30-39(32-40(31-38)52-56-50(35-14-4-2-5-15-35)55-51(57-52)36-16-6-3-7-17-36)37-26-29-43-42-18-8-9-19-44(42)53(47(43)33-37)45-20-10-12-22-48(45)58-49-23-13-11-21-46(49)53/h2-33,54H,1H3. The number of aromatic nitrogens is 3. The highest BCUT2D eigenvalue weighted by molar-refractivity contribution is 5.91. The van der Waals surface area contributed by atoms with E-state index >= 15 is 0 Å². The van der Waals surface area contributed by atoms with Crippen molar-refractivity contribution in [2.45, 2.75) is 5.41 Å². The van der Waals surface area contributed by atoms with Crippen LogP contribution < -0.4 is 10.1 Å². The zero-order chi connectivity index (χ0) is 38.6. The van der Waals surface area contributed by atoms with Gasteiger partial charge >= 0.3 is 0 Å². The smallest absolute Gasteiger partial charge is 0.164 e. The lowest BCUT2D eigenvalue weighted by Crippen LogP contribution is -2.32. The van der Waals surface area contributed by atoms with Gasteiger partial charge in [0.1, 0.15) is 11.5 Å². The van der Waals surface area contributed by atoms with Crippen molar-refractivity contribution in [3.63, 3.8) is 0 Å². The van der Waals surface area contributed by atoms with E-state index < -0.39 is 5.41 Å². The molecule has 1 aromatic heterocycles. The highest BCUT2D eigenvalue weighted by atomic mass is 16.5. The largest absolute Gasteiger partial charge is 0.457 e. The van der Waals surface area contributed by atoms with Crippen molar-refractivity contribution in [3.8, 4) is 79.0 Å². The average Bonchev–Trinajstić information content (AvgIpc) is 3.59. The van der Waals surface area contributed by atoms with Gasteiger partial charge in [-0.2, -0.15) is 0 Å². The molecule has 0 radical (unpaired) electrons. The van der Waals surface area contributed by atoms with Crippen LogP contribution in [-0.2, 0) is 5.41 Å². The molecule has 1 aliphatic heterocycles. The summed E-state index contributed by atoms with van der Waals surface area (Å²) in [5.74, 6) is 3.62. The molecule has 58 heavy (non-hydrogen) atoms. The van der Waals surface area contributed by atoms with Crippen LogP contribution in [-0.4, -0.2) is 22.0 Å². The Kier molecular flexibility index (Phi) is 7.86. The molecular weight excluding hydrogens is 709 g/mol. The molecule has 5 heteroatoms. The van der Waals surface area contributed by atoms with Gasteiger partial charge in [0, 0.05) is 40.6 Å². The number of para-hydroxylation sites is 2. The average molecular weight is 745 g/mol. The molecule has 0 bridgehead atoms. The summed E-state index contributed by atoms with van der Waals surface area (Å²) in [6, 6.07) is 68.4. The molecular formula is C53H36N4O. The third-order valence-electron chi connectivity index (χ3n) is 11.6. The van der Waals surface area contributed by atoms with Crippen LogP contribution in [0.5, 0.6) is 11.5 Å². The van der Waals surface area contributed by atoms with Gasteiger partial charge in [-0.05, 0) is 93.0 Å². The second kappa shape index (κ2) is 13.5. The van der Waals surface area contributed by atoms with E-state index in [-0.39, 0.29) is 0 Å². The minimum atomic E-state index is -0.569. The van der Waals surface area contributed by atoms with E-state index in [9.17, 15) is 0 Å². The van der Waals surface area contributed by atoms with Crippen LogP contribution >= 0.6 is 0 Å². The number of rotatable bonds is 6. The van der Waals surface area contributed by atoms with Gasteiger partial charge < -0.3 is 10.1 Å². The van der Waals surface area contributed by atoms with Crippen LogP contribution in [0.2, 0.25) is 0 Å². The van der Waals surface area contributed by atoms with Gasteiger partial charge in [-0.15, -0.1) is 0 Å². The molecule has 2 heterocycles. The molecule has 0 fully saturated rings. The molecule has 1 spiro atoms. The number of hydrogen-bond acceptors (Lipinski definition) is 5.